The number of ether oxygens (including phenoxy) is 2. The van der Waals surface area contributed by atoms with E-state index in [1.54, 1.807) is 19.1 Å². The standard InChI is InChI=1S/C14H19N3O3/c1-9-8-10(4-5-11(9)20-3)12-13(15)16-14(18)17(12)6-7-19-2/h4-5,8,12H,6-7H2,1-3H3,(H2,15,16,18). The van der Waals surface area contributed by atoms with E-state index in [0.717, 1.165) is 16.9 Å². The molecule has 0 bridgehead atoms. The van der Waals surface area contributed by atoms with Gasteiger partial charge in [0.2, 0.25) is 0 Å². The smallest absolute Gasteiger partial charge is 0.323 e. The fraction of sp³-hybridized carbons (Fsp3) is 0.429. The highest BCUT2D eigenvalue weighted by Crippen LogP contribution is 2.29. The van der Waals surface area contributed by atoms with E-state index < -0.39 is 0 Å². The van der Waals surface area contributed by atoms with Gasteiger partial charge in [0.15, 0.2) is 0 Å². The van der Waals surface area contributed by atoms with Gasteiger partial charge in [-0.2, -0.15) is 0 Å². The number of nitrogens with one attached hydrogen (secondary N) is 2. The molecule has 0 saturated carbocycles. The first-order chi connectivity index (χ1) is 9.58. The first-order valence-electron chi connectivity index (χ1n) is 6.38. The van der Waals surface area contributed by atoms with Crippen LogP contribution in [-0.2, 0) is 4.74 Å². The fourth-order valence-corrected chi connectivity index (χ4v) is 2.37. The molecule has 1 heterocycles. The number of amides is 2. The molecule has 2 N–H and O–H groups in total. The number of hydrogen-bond donors (Lipinski definition) is 2. The van der Waals surface area contributed by atoms with E-state index in [1.165, 1.54) is 0 Å². The average Bonchev–Trinajstić information content (AvgIpc) is 2.70. The third-order valence-corrected chi connectivity index (χ3v) is 3.36. The molecule has 1 aromatic carbocycles. The zero-order chi connectivity index (χ0) is 14.7. The van der Waals surface area contributed by atoms with Gasteiger partial charge in [-0.15, -0.1) is 0 Å². The van der Waals surface area contributed by atoms with Crippen molar-refractivity contribution in [2.75, 3.05) is 27.4 Å². The molecule has 1 aliphatic heterocycles. The maximum atomic E-state index is 11.9. The summed E-state index contributed by atoms with van der Waals surface area (Å²) in [5, 5.41) is 10.5. The molecule has 1 saturated heterocycles. The number of aryl methyl sites for hydroxylation is 1. The molecule has 2 rings (SSSR count). The van der Waals surface area contributed by atoms with Crippen molar-refractivity contribution in [2.24, 2.45) is 0 Å². The Bertz CT molecular complexity index is 530. The van der Waals surface area contributed by atoms with Crippen molar-refractivity contribution in [3.05, 3.63) is 29.3 Å². The Kier molecular flexibility index (Phi) is 4.24. The summed E-state index contributed by atoms with van der Waals surface area (Å²) >= 11 is 0. The maximum Gasteiger partial charge on any atom is 0.323 e. The van der Waals surface area contributed by atoms with Crippen LogP contribution < -0.4 is 10.1 Å². The number of carbonyl (C=O) groups is 1. The third kappa shape index (κ3) is 2.60. The number of benzene rings is 1. The second kappa shape index (κ2) is 5.92. The summed E-state index contributed by atoms with van der Waals surface area (Å²) in [6.45, 7) is 2.82. The molecule has 1 unspecified atom stereocenters. The van der Waals surface area contributed by atoms with Crippen LogP contribution in [0.4, 0.5) is 4.79 Å². The SMILES string of the molecule is COCCN1C(=O)NC(=N)C1c1ccc(OC)c(C)c1. The largest absolute Gasteiger partial charge is 0.496 e. The number of nitrogens with zero attached hydrogens (tertiary/aromatic N) is 1. The molecule has 1 atom stereocenters. The molecule has 2 amide bonds. The fourth-order valence-electron chi connectivity index (χ4n) is 2.37. The third-order valence-electron chi connectivity index (χ3n) is 3.36. The molecule has 0 aromatic heterocycles. The molecule has 108 valence electrons. The summed E-state index contributed by atoms with van der Waals surface area (Å²) in [6.07, 6.45) is 0. The Labute approximate surface area is 118 Å². The van der Waals surface area contributed by atoms with Gasteiger partial charge in [-0.05, 0) is 30.2 Å². The van der Waals surface area contributed by atoms with Crippen LogP contribution >= 0.6 is 0 Å². The topological polar surface area (TPSA) is 74.7 Å². The molecular formula is C14H19N3O3. The van der Waals surface area contributed by atoms with Crippen LogP contribution in [0.15, 0.2) is 18.2 Å². The van der Waals surface area contributed by atoms with Crippen LogP contribution in [0.25, 0.3) is 0 Å². The summed E-state index contributed by atoms with van der Waals surface area (Å²) in [5.74, 6) is 0.983. The van der Waals surface area contributed by atoms with E-state index in [2.05, 4.69) is 5.32 Å². The highest BCUT2D eigenvalue weighted by atomic mass is 16.5. The van der Waals surface area contributed by atoms with Gasteiger partial charge in [-0.3, -0.25) is 10.7 Å². The Morgan fingerprint density at radius 3 is 2.75 bits per heavy atom. The second-order valence-corrected chi connectivity index (χ2v) is 4.66. The minimum Gasteiger partial charge on any atom is -0.496 e. The van der Waals surface area contributed by atoms with Gasteiger partial charge in [0, 0.05) is 13.7 Å². The van der Waals surface area contributed by atoms with Crippen molar-refractivity contribution in [3.8, 4) is 5.75 Å². The quantitative estimate of drug-likeness (QED) is 0.860. The van der Waals surface area contributed by atoms with E-state index in [-0.39, 0.29) is 17.9 Å². The molecule has 0 radical (unpaired) electrons. The predicted octanol–water partition coefficient (Wildman–Crippen LogP) is 1.69. The van der Waals surface area contributed by atoms with Crippen LogP contribution in [0.1, 0.15) is 17.2 Å². The van der Waals surface area contributed by atoms with Crippen molar-refractivity contribution in [2.45, 2.75) is 13.0 Å². The van der Waals surface area contributed by atoms with Crippen LogP contribution in [-0.4, -0.2) is 44.1 Å². The Morgan fingerprint density at radius 1 is 1.40 bits per heavy atom. The summed E-state index contributed by atoms with van der Waals surface area (Å²) in [7, 11) is 3.21. The lowest BCUT2D eigenvalue weighted by Crippen LogP contribution is -2.32. The first-order valence-corrected chi connectivity index (χ1v) is 6.38. The number of methoxy groups -OCH3 is 2. The number of amidine groups is 1. The molecule has 1 aliphatic rings. The summed E-state index contributed by atoms with van der Waals surface area (Å²) < 4.78 is 10.3. The van der Waals surface area contributed by atoms with Crippen LogP contribution in [0.5, 0.6) is 5.75 Å². The van der Waals surface area contributed by atoms with Gasteiger partial charge >= 0.3 is 6.03 Å². The van der Waals surface area contributed by atoms with E-state index in [1.807, 2.05) is 25.1 Å². The summed E-state index contributed by atoms with van der Waals surface area (Å²) in [4.78, 5) is 13.5. The van der Waals surface area contributed by atoms with E-state index in [4.69, 9.17) is 14.9 Å². The van der Waals surface area contributed by atoms with Crippen molar-refractivity contribution in [1.82, 2.24) is 10.2 Å². The Hall–Kier alpha value is -2.08. The molecule has 0 spiro atoms. The van der Waals surface area contributed by atoms with Crippen LogP contribution in [0.3, 0.4) is 0 Å². The van der Waals surface area contributed by atoms with Gasteiger partial charge in [-0.1, -0.05) is 6.07 Å². The van der Waals surface area contributed by atoms with Crippen molar-refractivity contribution in [1.29, 1.82) is 5.41 Å². The summed E-state index contributed by atoms with van der Waals surface area (Å²) in [6, 6.07) is 5.03. The van der Waals surface area contributed by atoms with E-state index >= 15 is 0 Å². The minimum atomic E-state index is -0.387. The van der Waals surface area contributed by atoms with Gasteiger partial charge in [0.05, 0.1) is 13.7 Å². The van der Waals surface area contributed by atoms with Crippen molar-refractivity contribution < 1.29 is 14.3 Å². The molecular weight excluding hydrogens is 258 g/mol. The number of hydrogen-bond acceptors (Lipinski definition) is 4. The molecule has 0 aliphatic carbocycles. The highest BCUT2D eigenvalue weighted by Gasteiger charge is 2.36. The molecule has 6 heteroatoms. The lowest BCUT2D eigenvalue weighted by atomic mass is 10.0. The van der Waals surface area contributed by atoms with Gasteiger partial charge in [0.25, 0.3) is 0 Å². The van der Waals surface area contributed by atoms with Gasteiger partial charge in [-0.25, -0.2) is 4.79 Å². The molecule has 1 aromatic rings. The van der Waals surface area contributed by atoms with Gasteiger partial charge < -0.3 is 14.4 Å². The summed E-state index contributed by atoms with van der Waals surface area (Å²) in [5.41, 5.74) is 1.87. The Morgan fingerprint density at radius 2 is 2.15 bits per heavy atom. The number of urea groups is 1. The number of rotatable bonds is 5. The molecule has 20 heavy (non-hydrogen) atoms. The zero-order valence-corrected chi connectivity index (χ0v) is 11.9. The molecule has 1 fully saturated rings. The van der Waals surface area contributed by atoms with Gasteiger partial charge in [0.1, 0.15) is 17.6 Å². The number of carbonyl (C=O) groups excluding carboxylic acids is 1. The zero-order valence-electron chi connectivity index (χ0n) is 11.9. The highest BCUT2D eigenvalue weighted by molar-refractivity contribution is 6.06. The lowest BCUT2D eigenvalue weighted by molar-refractivity contribution is 0.151. The first kappa shape index (κ1) is 14.3. The minimum absolute atomic E-state index is 0.190. The van der Waals surface area contributed by atoms with E-state index in [9.17, 15) is 4.79 Å². The van der Waals surface area contributed by atoms with E-state index in [0.29, 0.717) is 13.2 Å². The predicted molar refractivity (Wildman–Crippen MR) is 75.3 cm³/mol. The van der Waals surface area contributed by atoms with Crippen molar-refractivity contribution >= 4 is 11.9 Å². The molecule has 6 nitrogen and oxygen atoms in total. The van der Waals surface area contributed by atoms with Crippen LogP contribution in [0.2, 0.25) is 0 Å². The average molecular weight is 277 g/mol. The lowest BCUT2D eigenvalue weighted by Gasteiger charge is -2.23. The maximum absolute atomic E-state index is 11.9. The monoisotopic (exact) mass is 277 g/mol. The Balaban J connectivity index is 2.30. The normalized spacial score (nSPS) is 18.4. The second-order valence-electron chi connectivity index (χ2n) is 4.66. The van der Waals surface area contributed by atoms with Crippen molar-refractivity contribution in [3.63, 3.8) is 0 Å². The van der Waals surface area contributed by atoms with Crippen LogP contribution in [0, 0.1) is 12.3 Å².